The van der Waals surface area contributed by atoms with E-state index in [0.717, 1.165) is 12.2 Å². The average Bonchev–Trinajstić information content (AvgIpc) is 2.59. The third-order valence-electron chi connectivity index (χ3n) is 3.60. The molecule has 0 amide bonds. The van der Waals surface area contributed by atoms with Crippen LogP contribution in [0.2, 0.25) is 0 Å². The molecule has 1 aliphatic carbocycles. The van der Waals surface area contributed by atoms with Gasteiger partial charge in [-0.3, -0.25) is 4.79 Å². The van der Waals surface area contributed by atoms with E-state index in [1.165, 1.54) is 0 Å². The van der Waals surface area contributed by atoms with Crippen LogP contribution in [-0.2, 0) is 4.74 Å². The van der Waals surface area contributed by atoms with E-state index in [9.17, 15) is 4.79 Å². The average molecular weight is 328 g/mol. The third-order valence-corrected chi connectivity index (χ3v) is 3.60. The van der Waals surface area contributed by atoms with E-state index in [-0.39, 0.29) is 17.8 Å². The molecule has 0 spiro atoms. The molecule has 1 aromatic rings. The summed E-state index contributed by atoms with van der Waals surface area (Å²) >= 11 is 0. The number of carbonyl (C=O) groups excluding carboxylic acids is 1. The second-order valence-electron chi connectivity index (χ2n) is 5.86. The molecule has 0 aliphatic heterocycles. The lowest BCUT2D eigenvalue weighted by Gasteiger charge is -2.16. The molecule has 128 valence electrons. The first-order valence-corrected chi connectivity index (χ1v) is 8.02. The summed E-state index contributed by atoms with van der Waals surface area (Å²) in [6.07, 6.45) is 10.6. The molecule has 0 bridgehead atoms. The van der Waals surface area contributed by atoms with Gasteiger partial charge in [-0.2, -0.15) is 0 Å². The molecule has 24 heavy (non-hydrogen) atoms. The van der Waals surface area contributed by atoms with E-state index >= 15 is 0 Å². The lowest BCUT2D eigenvalue weighted by Crippen LogP contribution is -2.05. The number of rotatable bonds is 7. The molecule has 1 atom stereocenters. The maximum Gasteiger partial charge on any atom is 0.185 e. The number of hydrogen-bond acceptors (Lipinski definition) is 4. The predicted molar refractivity (Wildman–Crippen MR) is 94.6 cm³/mol. The number of ketones is 1. The van der Waals surface area contributed by atoms with E-state index < -0.39 is 0 Å². The fraction of sp³-hybridized carbons (Fsp3) is 0.350. The number of ether oxygens (including phenoxy) is 3. The Hall–Kier alpha value is -2.49. The van der Waals surface area contributed by atoms with Gasteiger partial charge >= 0.3 is 0 Å². The molecule has 4 nitrogen and oxygen atoms in total. The highest BCUT2D eigenvalue weighted by molar-refractivity contribution is 6.05. The van der Waals surface area contributed by atoms with Gasteiger partial charge in [0.25, 0.3) is 0 Å². The number of allylic oxidation sites excluding steroid dienone is 5. The zero-order valence-electron chi connectivity index (χ0n) is 14.6. The highest BCUT2D eigenvalue weighted by Gasteiger charge is 2.10. The van der Waals surface area contributed by atoms with Gasteiger partial charge in [0.1, 0.15) is 17.3 Å². The zero-order valence-corrected chi connectivity index (χ0v) is 14.6. The quantitative estimate of drug-likeness (QED) is 0.552. The number of methoxy groups -OCH3 is 2. The lowest BCUT2D eigenvalue weighted by molar-refractivity contribution is 0.104. The van der Waals surface area contributed by atoms with Crippen molar-refractivity contribution in [2.45, 2.75) is 26.4 Å². The highest BCUT2D eigenvalue weighted by Crippen LogP contribution is 2.24. The first-order chi connectivity index (χ1) is 11.5. The smallest absolute Gasteiger partial charge is 0.185 e. The summed E-state index contributed by atoms with van der Waals surface area (Å²) in [5.74, 6) is 2.21. The van der Waals surface area contributed by atoms with Crippen LogP contribution in [0.25, 0.3) is 0 Å². The summed E-state index contributed by atoms with van der Waals surface area (Å²) in [6.45, 7) is 4.00. The monoisotopic (exact) mass is 328 g/mol. The molecule has 0 N–H and O–H groups in total. The molecular weight excluding hydrogens is 304 g/mol. The van der Waals surface area contributed by atoms with Crippen LogP contribution in [0.5, 0.6) is 11.5 Å². The van der Waals surface area contributed by atoms with Crippen molar-refractivity contribution in [1.82, 2.24) is 0 Å². The van der Waals surface area contributed by atoms with Crippen LogP contribution in [0, 0.1) is 5.92 Å². The Bertz CT molecular complexity index is 646. The van der Waals surface area contributed by atoms with Crippen molar-refractivity contribution in [3.8, 4) is 11.5 Å². The van der Waals surface area contributed by atoms with Crippen LogP contribution in [0.3, 0.4) is 0 Å². The Morgan fingerprint density at radius 1 is 1.17 bits per heavy atom. The van der Waals surface area contributed by atoms with Gasteiger partial charge in [0.15, 0.2) is 5.78 Å². The van der Waals surface area contributed by atoms with Crippen molar-refractivity contribution in [3.05, 3.63) is 59.9 Å². The molecule has 0 radical (unpaired) electrons. The minimum Gasteiger partial charge on any atom is -0.497 e. The fourth-order valence-electron chi connectivity index (χ4n) is 2.38. The Morgan fingerprint density at radius 3 is 2.33 bits per heavy atom. The van der Waals surface area contributed by atoms with Gasteiger partial charge in [0.05, 0.1) is 20.3 Å². The summed E-state index contributed by atoms with van der Waals surface area (Å²) in [5, 5.41) is 0. The second-order valence-corrected chi connectivity index (χ2v) is 5.86. The SMILES string of the molecule is COc1cc(OC)cc(C(=O)/C=C/C2C=CC(OC(C)C)=CC2)c1. The summed E-state index contributed by atoms with van der Waals surface area (Å²) < 4.78 is 16.0. The van der Waals surface area contributed by atoms with Crippen molar-refractivity contribution in [2.24, 2.45) is 5.92 Å². The minimum atomic E-state index is -0.0752. The fourth-order valence-corrected chi connectivity index (χ4v) is 2.38. The van der Waals surface area contributed by atoms with Crippen LogP contribution in [0.4, 0.5) is 0 Å². The van der Waals surface area contributed by atoms with Crippen LogP contribution in [0.15, 0.2) is 54.3 Å². The van der Waals surface area contributed by atoms with E-state index in [1.807, 2.05) is 38.2 Å². The van der Waals surface area contributed by atoms with Crippen molar-refractivity contribution < 1.29 is 19.0 Å². The zero-order chi connectivity index (χ0) is 17.5. The van der Waals surface area contributed by atoms with Crippen LogP contribution in [-0.4, -0.2) is 26.1 Å². The van der Waals surface area contributed by atoms with Crippen molar-refractivity contribution >= 4 is 5.78 Å². The van der Waals surface area contributed by atoms with Gasteiger partial charge in [-0.25, -0.2) is 0 Å². The molecule has 4 heteroatoms. The minimum absolute atomic E-state index is 0.0752. The van der Waals surface area contributed by atoms with Crippen LogP contribution >= 0.6 is 0 Å². The van der Waals surface area contributed by atoms with Crippen molar-refractivity contribution in [3.63, 3.8) is 0 Å². The summed E-state index contributed by atoms with van der Waals surface area (Å²) in [6, 6.07) is 5.16. The maximum absolute atomic E-state index is 12.4. The van der Waals surface area contributed by atoms with E-state index in [0.29, 0.717) is 17.1 Å². The van der Waals surface area contributed by atoms with Gasteiger partial charge in [0, 0.05) is 11.6 Å². The van der Waals surface area contributed by atoms with Crippen molar-refractivity contribution in [2.75, 3.05) is 14.2 Å². The van der Waals surface area contributed by atoms with Gasteiger partial charge in [-0.05, 0) is 56.5 Å². The third kappa shape index (κ3) is 5.01. The molecule has 0 saturated carbocycles. The Labute approximate surface area is 143 Å². The topological polar surface area (TPSA) is 44.8 Å². The first kappa shape index (κ1) is 17.9. The molecule has 1 unspecified atom stereocenters. The van der Waals surface area contributed by atoms with E-state index in [2.05, 4.69) is 0 Å². The second kappa shape index (κ2) is 8.39. The van der Waals surface area contributed by atoms with Gasteiger partial charge in [-0.1, -0.05) is 12.2 Å². The standard InChI is InChI=1S/C20H24O4/c1-14(2)24-17-8-5-15(6-9-17)7-10-20(21)16-11-18(22-3)13-19(12-16)23-4/h5,7-15H,6H2,1-4H3/b10-7+. The van der Waals surface area contributed by atoms with E-state index in [4.69, 9.17) is 14.2 Å². The molecule has 0 saturated heterocycles. The van der Waals surface area contributed by atoms with Crippen LogP contribution in [0.1, 0.15) is 30.6 Å². The molecule has 1 aliphatic rings. The Kier molecular flexibility index (Phi) is 6.24. The maximum atomic E-state index is 12.4. The summed E-state index contributed by atoms with van der Waals surface area (Å²) in [5.41, 5.74) is 0.543. The van der Waals surface area contributed by atoms with Gasteiger partial charge in [-0.15, -0.1) is 0 Å². The first-order valence-electron chi connectivity index (χ1n) is 8.02. The predicted octanol–water partition coefficient (Wildman–Crippen LogP) is 4.33. The summed E-state index contributed by atoms with van der Waals surface area (Å²) in [4.78, 5) is 12.4. The molecule has 0 heterocycles. The largest absolute Gasteiger partial charge is 0.497 e. The molecule has 0 aromatic heterocycles. The van der Waals surface area contributed by atoms with Crippen molar-refractivity contribution in [1.29, 1.82) is 0 Å². The number of benzene rings is 1. The normalized spacial score (nSPS) is 17.0. The molecular formula is C20H24O4. The summed E-state index contributed by atoms with van der Waals surface area (Å²) in [7, 11) is 3.13. The number of hydrogen-bond donors (Lipinski definition) is 0. The highest BCUT2D eigenvalue weighted by atomic mass is 16.5. The molecule has 0 fully saturated rings. The van der Waals surface area contributed by atoms with E-state index in [1.54, 1.807) is 38.5 Å². The van der Waals surface area contributed by atoms with Crippen LogP contribution < -0.4 is 9.47 Å². The lowest BCUT2D eigenvalue weighted by atomic mass is 9.98. The Morgan fingerprint density at radius 2 is 1.83 bits per heavy atom. The number of carbonyl (C=O) groups is 1. The van der Waals surface area contributed by atoms with Gasteiger partial charge in [0.2, 0.25) is 0 Å². The Balaban J connectivity index is 2.02. The van der Waals surface area contributed by atoms with Gasteiger partial charge < -0.3 is 14.2 Å². The molecule has 1 aromatic carbocycles. The molecule has 2 rings (SSSR count).